The van der Waals surface area contributed by atoms with Crippen LogP contribution in [0.15, 0.2) is 0 Å². The van der Waals surface area contributed by atoms with E-state index in [9.17, 15) is 5.11 Å². The molecule has 0 aliphatic heterocycles. The predicted octanol–water partition coefficient (Wildman–Crippen LogP) is 0.370. The molecular formula is C9H15NO. The molecule has 2 N–H and O–H groups in total. The molecule has 1 unspecified atom stereocenters. The number of nitrogens with one attached hydrogen (secondary N) is 1. The van der Waals surface area contributed by atoms with Gasteiger partial charge in [0.1, 0.15) is 0 Å². The first-order valence-corrected chi connectivity index (χ1v) is 4.17. The summed E-state index contributed by atoms with van der Waals surface area (Å²) in [5.41, 5.74) is 0. The van der Waals surface area contributed by atoms with E-state index in [1.165, 1.54) is 12.8 Å². The van der Waals surface area contributed by atoms with Crippen molar-refractivity contribution in [1.82, 2.24) is 5.32 Å². The topological polar surface area (TPSA) is 32.3 Å². The minimum atomic E-state index is -0.146. The second kappa shape index (κ2) is 4.38. The predicted molar refractivity (Wildman–Crippen MR) is 45.1 cm³/mol. The quantitative estimate of drug-likeness (QED) is 0.442. The second-order valence-corrected chi connectivity index (χ2v) is 3.06. The molecule has 0 amide bonds. The molecule has 1 atom stereocenters. The summed E-state index contributed by atoms with van der Waals surface area (Å²) in [6.07, 6.45) is 8.05. The van der Waals surface area contributed by atoms with E-state index in [1.807, 2.05) is 0 Å². The van der Waals surface area contributed by atoms with Gasteiger partial charge in [-0.2, -0.15) is 0 Å². The van der Waals surface area contributed by atoms with Crippen LogP contribution in [-0.2, 0) is 0 Å². The van der Waals surface area contributed by atoms with E-state index in [1.54, 1.807) is 0 Å². The minimum Gasteiger partial charge on any atom is -0.392 e. The summed E-state index contributed by atoms with van der Waals surface area (Å²) in [6, 6.07) is 0. The van der Waals surface area contributed by atoms with Gasteiger partial charge in [0, 0.05) is 19.5 Å². The molecule has 0 saturated heterocycles. The highest BCUT2D eigenvalue weighted by Gasteiger charge is 2.28. The van der Waals surface area contributed by atoms with Gasteiger partial charge in [0.25, 0.3) is 0 Å². The highest BCUT2D eigenvalue weighted by atomic mass is 16.3. The standard InChI is InChI=1S/C9H15NO/c1-2-3-6-10-7-9(11)8-4-5-8/h1,8-11H,3-7H2. The summed E-state index contributed by atoms with van der Waals surface area (Å²) < 4.78 is 0. The van der Waals surface area contributed by atoms with Crippen LogP contribution in [0, 0.1) is 18.3 Å². The average Bonchev–Trinajstić information content (AvgIpc) is 2.79. The highest BCUT2D eigenvalue weighted by Crippen LogP contribution is 2.32. The molecule has 62 valence electrons. The van der Waals surface area contributed by atoms with Crippen molar-refractivity contribution in [2.75, 3.05) is 13.1 Å². The van der Waals surface area contributed by atoms with E-state index in [0.717, 1.165) is 13.0 Å². The lowest BCUT2D eigenvalue weighted by atomic mass is 10.2. The minimum absolute atomic E-state index is 0.146. The third-order valence-electron chi connectivity index (χ3n) is 1.97. The molecule has 1 saturated carbocycles. The third-order valence-corrected chi connectivity index (χ3v) is 1.97. The molecule has 2 heteroatoms. The van der Waals surface area contributed by atoms with Gasteiger partial charge in [0.05, 0.1) is 6.10 Å². The van der Waals surface area contributed by atoms with E-state index in [0.29, 0.717) is 12.5 Å². The van der Waals surface area contributed by atoms with Crippen molar-refractivity contribution in [3.05, 3.63) is 0 Å². The Morgan fingerprint density at radius 1 is 1.64 bits per heavy atom. The van der Waals surface area contributed by atoms with Crippen LogP contribution >= 0.6 is 0 Å². The SMILES string of the molecule is C#CCCNCC(O)C1CC1. The van der Waals surface area contributed by atoms with Crippen LogP contribution in [0.2, 0.25) is 0 Å². The molecule has 1 aliphatic rings. The van der Waals surface area contributed by atoms with E-state index in [4.69, 9.17) is 6.42 Å². The second-order valence-electron chi connectivity index (χ2n) is 3.06. The molecule has 11 heavy (non-hydrogen) atoms. The van der Waals surface area contributed by atoms with Crippen molar-refractivity contribution in [1.29, 1.82) is 0 Å². The molecule has 0 spiro atoms. The van der Waals surface area contributed by atoms with Crippen LogP contribution in [0.4, 0.5) is 0 Å². The van der Waals surface area contributed by atoms with E-state index >= 15 is 0 Å². The summed E-state index contributed by atoms with van der Waals surface area (Å²) >= 11 is 0. The van der Waals surface area contributed by atoms with Gasteiger partial charge < -0.3 is 10.4 Å². The highest BCUT2D eigenvalue weighted by molar-refractivity contribution is 4.85. The lowest BCUT2D eigenvalue weighted by Gasteiger charge is -2.08. The molecule has 0 aromatic rings. The van der Waals surface area contributed by atoms with Crippen molar-refractivity contribution in [3.63, 3.8) is 0 Å². The molecule has 0 bridgehead atoms. The van der Waals surface area contributed by atoms with Gasteiger partial charge in [-0.1, -0.05) is 0 Å². The summed E-state index contributed by atoms with van der Waals surface area (Å²) in [5, 5.41) is 12.5. The lowest BCUT2D eigenvalue weighted by Crippen LogP contribution is -2.28. The van der Waals surface area contributed by atoms with Gasteiger partial charge in [-0.15, -0.1) is 12.3 Å². The van der Waals surface area contributed by atoms with Gasteiger partial charge in [0.2, 0.25) is 0 Å². The maximum absolute atomic E-state index is 9.37. The Balaban J connectivity index is 1.90. The van der Waals surface area contributed by atoms with Crippen molar-refractivity contribution in [2.24, 2.45) is 5.92 Å². The molecule has 1 aliphatic carbocycles. The molecule has 0 radical (unpaired) electrons. The van der Waals surface area contributed by atoms with Crippen LogP contribution in [0.1, 0.15) is 19.3 Å². The molecule has 1 rings (SSSR count). The van der Waals surface area contributed by atoms with Gasteiger partial charge in [0.15, 0.2) is 0 Å². The fraction of sp³-hybridized carbons (Fsp3) is 0.778. The van der Waals surface area contributed by atoms with Crippen molar-refractivity contribution < 1.29 is 5.11 Å². The first-order valence-electron chi connectivity index (χ1n) is 4.17. The summed E-state index contributed by atoms with van der Waals surface area (Å²) in [5.74, 6) is 3.11. The maximum atomic E-state index is 9.37. The smallest absolute Gasteiger partial charge is 0.0692 e. The first kappa shape index (κ1) is 8.58. The zero-order valence-electron chi connectivity index (χ0n) is 6.71. The Bertz CT molecular complexity index is 146. The summed E-state index contributed by atoms with van der Waals surface area (Å²) in [6.45, 7) is 1.52. The largest absolute Gasteiger partial charge is 0.392 e. The fourth-order valence-electron chi connectivity index (χ4n) is 1.06. The number of terminal acetylenes is 1. The molecule has 0 aromatic carbocycles. The molecular weight excluding hydrogens is 138 g/mol. The Morgan fingerprint density at radius 2 is 2.36 bits per heavy atom. The molecule has 0 aromatic heterocycles. The van der Waals surface area contributed by atoms with E-state index in [2.05, 4.69) is 11.2 Å². The van der Waals surface area contributed by atoms with Crippen LogP contribution < -0.4 is 5.32 Å². The van der Waals surface area contributed by atoms with Crippen LogP contribution in [0.5, 0.6) is 0 Å². The Morgan fingerprint density at radius 3 is 2.91 bits per heavy atom. The zero-order valence-corrected chi connectivity index (χ0v) is 6.71. The van der Waals surface area contributed by atoms with Gasteiger partial charge in [-0.25, -0.2) is 0 Å². The summed E-state index contributed by atoms with van der Waals surface area (Å²) in [4.78, 5) is 0. The van der Waals surface area contributed by atoms with Crippen molar-refractivity contribution >= 4 is 0 Å². The van der Waals surface area contributed by atoms with Gasteiger partial charge >= 0.3 is 0 Å². The summed E-state index contributed by atoms with van der Waals surface area (Å²) in [7, 11) is 0. The number of aliphatic hydroxyl groups is 1. The van der Waals surface area contributed by atoms with E-state index < -0.39 is 0 Å². The van der Waals surface area contributed by atoms with Crippen LogP contribution in [-0.4, -0.2) is 24.3 Å². The average molecular weight is 153 g/mol. The van der Waals surface area contributed by atoms with Crippen molar-refractivity contribution in [3.8, 4) is 12.3 Å². The normalized spacial score (nSPS) is 19.3. The Hall–Kier alpha value is -0.520. The maximum Gasteiger partial charge on any atom is 0.0692 e. The van der Waals surface area contributed by atoms with E-state index in [-0.39, 0.29) is 6.10 Å². The number of hydrogen-bond acceptors (Lipinski definition) is 2. The molecule has 2 nitrogen and oxygen atoms in total. The first-order chi connectivity index (χ1) is 5.34. The molecule has 1 fully saturated rings. The Kier molecular flexibility index (Phi) is 3.41. The van der Waals surface area contributed by atoms with Gasteiger partial charge in [-0.3, -0.25) is 0 Å². The third kappa shape index (κ3) is 3.41. The monoisotopic (exact) mass is 153 g/mol. The lowest BCUT2D eigenvalue weighted by molar-refractivity contribution is 0.149. The number of aliphatic hydroxyl groups excluding tert-OH is 1. The van der Waals surface area contributed by atoms with Crippen LogP contribution in [0.25, 0.3) is 0 Å². The number of rotatable bonds is 5. The van der Waals surface area contributed by atoms with Crippen molar-refractivity contribution in [2.45, 2.75) is 25.4 Å². The number of hydrogen-bond donors (Lipinski definition) is 2. The van der Waals surface area contributed by atoms with Crippen LogP contribution in [0.3, 0.4) is 0 Å². The zero-order chi connectivity index (χ0) is 8.10. The Labute approximate surface area is 68.0 Å². The molecule has 0 heterocycles. The van der Waals surface area contributed by atoms with Gasteiger partial charge in [-0.05, 0) is 18.8 Å². The fourth-order valence-corrected chi connectivity index (χ4v) is 1.06.